The van der Waals surface area contributed by atoms with Gasteiger partial charge in [-0.3, -0.25) is 0 Å². The Labute approximate surface area is 159 Å². The lowest BCUT2D eigenvalue weighted by Gasteiger charge is -2.10. The minimum absolute atomic E-state index is 0.187. The lowest BCUT2D eigenvalue weighted by Crippen LogP contribution is -2.38. The van der Waals surface area contributed by atoms with Crippen LogP contribution >= 0.6 is 0 Å². The molecule has 0 unspecified atom stereocenters. The molecule has 0 aliphatic carbocycles. The highest BCUT2D eigenvalue weighted by atomic mass is 19.4. The summed E-state index contributed by atoms with van der Waals surface area (Å²) in [6.45, 7) is 1.06. The molecule has 1 aliphatic heterocycles. The summed E-state index contributed by atoms with van der Waals surface area (Å²) in [7, 11) is 0. The first-order chi connectivity index (χ1) is 13.4. The Morgan fingerprint density at radius 3 is 2.46 bits per heavy atom. The van der Waals surface area contributed by atoms with Crippen molar-refractivity contribution in [1.82, 2.24) is 10.6 Å². The Balaban J connectivity index is 1.30. The molecule has 2 N–H and O–H groups in total. The second-order valence-corrected chi connectivity index (χ2v) is 5.99. The van der Waals surface area contributed by atoms with Crippen molar-refractivity contribution in [1.29, 1.82) is 0 Å². The van der Waals surface area contributed by atoms with Gasteiger partial charge >= 0.3 is 12.2 Å². The number of alkyl halides is 3. The molecule has 0 spiro atoms. The van der Waals surface area contributed by atoms with Gasteiger partial charge < -0.3 is 24.8 Å². The standard InChI is InChI=1S/C19H19F3N2O4/c20-19(21,22)14-3-1-13(2-4-14)7-8-23-18(25)24-9-10-26-15-5-6-16-17(11-15)28-12-27-16/h1-6,11H,7-10,12H2,(H2,23,24,25). The van der Waals surface area contributed by atoms with Crippen LogP contribution in [0.15, 0.2) is 42.5 Å². The quantitative estimate of drug-likeness (QED) is 0.705. The summed E-state index contributed by atoms with van der Waals surface area (Å²) in [5, 5.41) is 5.29. The number of ether oxygens (including phenoxy) is 3. The number of halogens is 3. The maximum absolute atomic E-state index is 12.5. The van der Waals surface area contributed by atoms with Crippen LogP contribution in [0, 0.1) is 0 Å². The van der Waals surface area contributed by atoms with Gasteiger partial charge in [-0.2, -0.15) is 13.2 Å². The van der Waals surface area contributed by atoms with Crippen LogP contribution in [-0.4, -0.2) is 32.5 Å². The van der Waals surface area contributed by atoms with Crippen LogP contribution in [-0.2, 0) is 12.6 Å². The van der Waals surface area contributed by atoms with E-state index in [2.05, 4.69) is 10.6 Å². The van der Waals surface area contributed by atoms with Gasteiger partial charge in [-0.25, -0.2) is 4.79 Å². The molecular formula is C19H19F3N2O4. The molecule has 2 aromatic carbocycles. The fourth-order valence-corrected chi connectivity index (χ4v) is 2.54. The zero-order chi connectivity index (χ0) is 20.0. The van der Waals surface area contributed by atoms with E-state index in [1.807, 2.05) is 0 Å². The number of carbonyl (C=O) groups excluding carboxylic acids is 1. The van der Waals surface area contributed by atoms with E-state index in [4.69, 9.17) is 14.2 Å². The van der Waals surface area contributed by atoms with E-state index in [0.29, 0.717) is 42.3 Å². The molecule has 0 saturated heterocycles. The maximum Gasteiger partial charge on any atom is 0.416 e. The predicted molar refractivity (Wildman–Crippen MR) is 94.6 cm³/mol. The molecule has 0 saturated carbocycles. The average Bonchev–Trinajstić information content (AvgIpc) is 3.13. The van der Waals surface area contributed by atoms with Crippen molar-refractivity contribution in [3.05, 3.63) is 53.6 Å². The van der Waals surface area contributed by atoms with Crippen molar-refractivity contribution in [3.8, 4) is 17.2 Å². The van der Waals surface area contributed by atoms with Crippen LogP contribution in [0.4, 0.5) is 18.0 Å². The molecule has 0 radical (unpaired) electrons. The monoisotopic (exact) mass is 396 g/mol. The third-order valence-corrected chi connectivity index (χ3v) is 3.98. The minimum atomic E-state index is -4.35. The van der Waals surface area contributed by atoms with E-state index in [1.165, 1.54) is 12.1 Å². The number of benzene rings is 2. The molecule has 9 heteroatoms. The highest BCUT2D eigenvalue weighted by Crippen LogP contribution is 2.35. The first-order valence-electron chi connectivity index (χ1n) is 8.62. The number of hydrogen-bond donors (Lipinski definition) is 2. The highest BCUT2D eigenvalue weighted by molar-refractivity contribution is 5.73. The second-order valence-electron chi connectivity index (χ2n) is 5.99. The fourth-order valence-electron chi connectivity index (χ4n) is 2.54. The Bertz CT molecular complexity index is 810. The molecule has 0 aromatic heterocycles. The van der Waals surface area contributed by atoms with Gasteiger partial charge in [-0.1, -0.05) is 12.1 Å². The molecule has 150 valence electrons. The van der Waals surface area contributed by atoms with Crippen LogP contribution in [0.25, 0.3) is 0 Å². The number of rotatable bonds is 7. The summed E-state index contributed by atoms with van der Waals surface area (Å²) < 4.78 is 53.5. The first-order valence-corrected chi connectivity index (χ1v) is 8.62. The van der Waals surface area contributed by atoms with Crippen LogP contribution in [0.2, 0.25) is 0 Å². The molecular weight excluding hydrogens is 377 g/mol. The molecule has 0 bridgehead atoms. The number of fused-ring (bicyclic) bond motifs is 1. The van der Waals surface area contributed by atoms with Crippen LogP contribution < -0.4 is 24.8 Å². The molecule has 1 aliphatic rings. The molecule has 2 aromatic rings. The fraction of sp³-hybridized carbons (Fsp3) is 0.316. The van der Waals surface area contributed by atoms with Crippen molar-refractivity contribution >= 4 is 6.03 Å². The Kier molecular flexibility index (Phi) is 6.13. The number of amides is 2. The van der Waals surface area contributed by atoms with E-state index < -0.39 is 11.7 Å². The van der Waals surface area contributed by atoms with Gasteiger partial charge in [0.1, 0.15) is 12.4 Å². The molecule has 0 atom stereocenters. The van der Waals surface area contributed by atoms with E-state index in [9.17, 15) is 18.0 Å². The average molecular weight is 396 g/mol. The SMILES string of the molecule is O=C(NCCOc1ccc2c(c1)OCO2)NCCc1ccc(C(F)(F)F)cc1. The lowest BCUT2D eigenvalue weighted by atomic mass is 10.1. The summed E-state index contributed by atoms with van der Waals surface area (Å²) in [5.41, 5.74) is 0.0175. The zero-order valence-electron chi connectivity index (χ0n) is 14.8. The summed E-state index contributed by atoms with van der Waals surface area (Å²) >= 11 is 0. The van der Waals surface area contributed by atoms with Gasteiger partial charge in [0.15, 0.2) is 11.5 Å². The Hall–Kier alpha value is -3.10. The number of urea groups is 1. The first kappa shape index (κ1) is 19.7. The maximum atomic E-state index is 12.5. The normalized spacial score (nSPS) is 12.5. The van der Waals surface area contributed by atoms with E-state index in [0.717, 1.165) is 12.1 Å². The van der Waals surface area contributed by atoms with Crippen LogP contribution in [0.3, 0.4) is 0 Å². The van der Waals surface area contributed by atoms with Gasteiger partial charge in [0, 0.05) is 12.6 Å². The molecule has 2 amide bonds. The molecule has 28 heavy (non-hydrogen) atoms. The zero-order valence-corrected chi connectivity index (χ0v) is 14.8. The largest absolute Gasteiger partial charge is 0.492 e. The van der Waals surface area contributed by atoms with Gasteiger partial charge in [0.05, 0.1) is 12.1 Å². The summed E-state index contributed by atoms with van der Waals surface area (Å²) in [6, 6.07) is 9.71. The van der Waals surface area contributed by atoms with Crippen molar-refractivity contribution in [3.63, 3.8) is 0 Å². The predicted octanol–water partition coefficient (Wildman–Crippen LogP) is 3.35. The van der Waals surface area contributed by atoms with Crippen molar-refractivity contribution in [2.45, 2.75) is 12.6 Å². The number of hydrogen-bond acceptors (Lipinski definition) is 4. The lowest BCUT2D eigenvalue weighted by molar-refractivity contribution is -0.137. The number of nitrogens with one attached hydrogen (secondary N) is 2. The van der Waals surface area contributed by atoms with Crippen molar-refractivity contribution in [2.24, 2.45) is 0 Å². The van der Waals surface area contributed by atoms with Crippen LogP contribution in [0.5, 0.6) is 17.2 Å². The topological polar surface area (TPSA) is 68.8 Å². The third-order valence-electron chi connectivity index (χ3n) is 3.98. The Morgan fingerprint density at radius 2 is 1.71 bits per heavy atom. The van der Waals surface area contributed by atoms with E-state index in [-0.39, 0.29) is 19.4 Å². The summed E-state index contributed by atoms with van der Waals surface area (Å²) in [4.78, 5) is 11.7. The number of carbonyl (C=O) groups is 1. The molecule has 6 nitrogen and oxygen atoms in total. The summed E-state index contributed by atoms with van der Waals surface area (Å²) in [6.07, 6.45) is -3.92. The molecule has 1 heterocycles. The van der Waals surface area contributed by atoms with Gasteiger partial charge in [-0.15, -0.1) is 0 Å². The Morgan fingerprint density at radius 1 is 1.00 bits per heavy atom. The minimum Gasteiger partial charge on any atom is -0.492 e. The van der Waals surface area contributed by atoms with Gasteiger partial charge in [0.2, 0.25) is 6.79 Å². The van der Waals surface area contributed by atoms with E-state index >= 15 is 0 Å². The molecule has 0 fully saturated rings. The van der Waals surface area contributed by atoms with Gasteiger partial charge in [-0.05, 0) is 36.2 Å². The van der Waals surface area contributed by atoms with Crippen LogP contribution in [0.1, 0.15) is 11.1 Å². The third kappa shape index (κ3) is 5.45. The smallest absolute Gasteiger partial charge is 0.416 e. The van der Waals surface area contributed by atoms with E-state index in [1.54, 1.807) is 18.2 Å². The second kappa shape index (κ2) is 8.73. The van der Waals surface area contributed by atoms with Crippen molar-refractivity contribution < 1.29 is 32.2 Å². The van der Waals surface area contributed by atoms with Gasteiger partial charge in [0.25, 0.3) is 0 Å². The summed E-state index contributed by atoms with van der Waals surface area (Å²) in [5.74, 6) is 1.89. The molecule has 3 rings (SSSR count). The highest BCUT2D eigenvalue weighted by Gasteiger charge is 2.29. The van der Waals surface area contributed by atoms with Crippen molar-refractivity contribution in [2.75, 3.05) is 26.5 Å².